The summed E-state index contributed by atoms with van der Waals surface area (Å²) >= 11 is 0. The highest BCUT2D eigenvalue weighted by Gasteiger charge is 2.37. The first kappa shape index (κ1) is 29.3. The Labute approximate surface area is 219 Å². The number of nitrogens with one attached hydrogen (secondary N) is 1. The Kier molecular flexibility index (Phi) is 7.99. The minimum atomic E-state index is -1.42. The maximum Gasteiger partial charge on any atom is 0.255 e. The van der Waals surface area contributed by atoms with Crippen LogP contribution in [-0.4, -0.2) is 46.2 Å². The highest BCUT2D eigenvalue weighted by molar-refractivity contribution is 6.04. The van der Waals surface area contributed by atoms with Gasteiger partial charge >= 0.3 is 0 Å². The van der Waals surface area contributed by atoms with Gasteiger partial charge in [-0.25, -0.2) is 4.98 Å². The standard InChI is InChI=1S/C27H36N4O4.ClH/c1-25(2,3)17-11-16(12-18(22(17)33)26(4,5)6)19(32)14-31-13-15-9-10-20(30-21(15)23(31)28)27(7,35-8)24(29)34;/h9-12,28,33H,13-14H2,1-8H3,(H2,29,34);1H. The quantitative estimate of drug-likeness (QED) is 0.494. The Morgan fingerprint density at radius 1 is 1.08 bits per heavy atom. The Morgan fingerprint density at radius 2 is 1.61 bits per heavy atom. The summed E-state index contributed by atoms with van der Waals surface area (Å²) in [5.74, 6) is -0.516. The number of carbonyl (C=O) groups excluding carboxylic acids is 2. The number of aromatic hydroxyl groups is 1. The van der Waals surface area contributed by atoms with Crippen molar-refractivity contribution in [3.05, 3.63) is 57.9 Å². The van der Waals surface area contributed by atoms with Crippen LogP contribution in [0.5, 0.6) is 5.75 Å². The van der Waals surface area contributed by atoms with Gasteiger partial charge in [0.25, 0.3) is 5.91 Å². The second kappa shape index (κ2) is 9.82. The smallest absolute Gasteiger partial charge is 0.255 e. The average Bonchev–Trinajstić information content (AvgIpc) is 3.06. The number of nitrogens with two attached hydrogens (primary N) is 1. The maximum absolute atomic E-state index is 13.4. The molecule has 9 heteroatoms. The molecule has 2 aromatic rings. The number of hydrogen-bond acceptors (Lipinski definition) is 6. The van der Waals surface area contributed by atoms with Crippen LogP contribution in [0.15, 0.2) is 24.3 Å². The van der Waals surface area contributed by atoms with Crippen LogP contribution in [0, 0.1) is 5.41 Å². The molecule has 0 aliphatic carbocycles. The zero-order chi connectivity index (χ0) is 26.5. The number of halogens is 1. The van der Waals surface area contributed by atoms with Gasteiger partial charge < -0.3 is 20.5 Å². The number of rotatable bonds is 6. The molecule has 1 aliphatic heterocycles. The fraction of sp³-hybridized carbons (Fsp3) is 0.481. The SMILES string of the molecule is COC(C)(C(N)=O)c1ccc2c(n1)C(=N)N(CC(=O)c1cc(C(C)(C)C)c(O)c(C(C)(C)C)c1)C2.Cl. The van der Waals surface area contributed by atoms with Crippen LogP contribution in [0.1, 0.15) is 86.9 Å². The fourth-order valence-corrected chi connectivity index (χ4v) is 4.19. The van der Waals surface area contributed by atoms with Gasteiger partial charge in [-0.3, -0.25) is 15.0 Å². The van der Waals surface area contributed by atoms with Crippen molar-refractivity contribution in [2.24, 2.45) is 5.73 Å². The molecule has 1 aromatic heterocycles. The van der Waals surface area contributed by atoms with Crippen molar-refractivity contribution in [2.45, 2.75) is 71.4 Å². The van der Waals surface area contributed by atoms with Crippen LogP contribution in [0.2, 0.25) is 0 Å². The Balaban J connectivity index is 0.00000456. The highest BCUT2D eigenvalue weighted by Crippen LogP contribution is 2.40. The summed E-state index contributed by atoms with van der Waals surface area (Å²) in [5, 5.41) is 19.6. The lowest BCUT2D eigenvalue weighted by atomic mass is 9.78. The molecule has 1 unspecified atom stereocenters. The van der Waals surface area contributed by atoms with Gasteiger partial charge in [-0.2, -0.15) is 0 Å². The van der Waals surface area contributed by atoms with Crippen molar-refractivity contribution >= 4 is 29.9 Å². The molecule has 0 radical (unpaired) electrons. The minimum absolute atomic E-state index is 0. The van der Waals surface area contributed by atoms with Gasteiger partial charge in [-0.1, -0.05) is 47.6 Å². The Bertz CT molecular complexity index is 1180. The summed E-state index contributed by atoms with van der Waals surface area (Å²) in [6.07, 6.45) is 0. The number of phenolic OH excluding ortho intramolecular Hbond substituents is 1. The van der Waals surface area contributed by atoms with Crippen molar-refractivity contribution in [3.63, 3.8) is 0 Å². The van der Waals surface area contributed by atoms with Gasteiger partial charge in [-0.15, -0.1) is 12.4 Å². The second-order valence-electron chi connectivity index (χ2n) is 11.4. The monoisotopic (exact) mass is 516 g/mol. The second-order valence-corrected chi connectivity index (χ2v) is 11.4. The number of phenols is 1. The lowest BCUT2D eigenvalue weighted by molar-refractivity contribution is -0.139. The van der Waals surface area contributed by atoms with Crippen molar-refractivity contribution in [2.75, 3.05) is 13.7 Å². The summed E-state index contributed by atoms with van der Waals surface area (Å²) < 4.78 is 5.32. The number of Topliss-reactive ketones (excluding diaryl/α,β-unsaturated/α-hetero) is 1. The van der Waals surface area contributed by atoms with Crippen molar-refractivity contribution in [1.29, 1.82) is 5.41 Å². The largest absolute Gasteiger partial charge is 0.507 e. The summed E-state index contributed by atoms with van der Waals surface area (Å²) in [6.45, 7) is 13.9. The number of aromatic nitrogens is 1. The zero-order valence-corrected chi connectivity index (χ0v) is 23.1. The average molecular weight is 517 g/mol. The number of primary amides is 1. The predicted molar refractivity (Wildman–Crippen MR) is 142 cm³/mol. The van der Waals surface area contributed by atoms with Gasteiger partial charge in [0.15, 0.2) is 11.4 Å². The third-order valence-corrected chi connectivity index (χ3v) is 6.63. The fourth-order valence-electron chi connectivity index (χ4n) is 4.19. The number of carbonyl (C=O) groups is 2. The van der Waals surface area contributed by atoms with Crippen LogP contribution in [0.3, 0.4) is 0 Å². The van der Waals surface area contributed by atoms with E-state index in [2.05, 4.69) is 4.98 Å². The van der Waals surface area contributed by atoms with Crippen molar-refractivity contribution < 1.29 is 19.4 Å². The third kappa shape index (κ3) is 5.25. The third-order valence-electron chi connectivity index (χ3n) is 6.63. The first-order valence-electron chi connectivity index (χ1n) is 11.6. The van der Waals surface area contributed by atoms with E-state index in [1.165, 1.54) is 14.0 Å². The molecule has 1 amide bonds. The number of amidine groups is 1. The number of pyridine rings is 1. The van der Waals surface area contributed by atoms with Crippen LogP contribution in [0.25, 0.3) is 0 Å². The van der Waals surface area contributed by atoms with E-state index < -0.39 is 11.5 Å². The van der Waals surface area contributed by atoms with Crippen LogP contribution in [-0.2, 0) is 32.5 Å². The topological polar surface area (TPSA) is 130 Å². The molecular formula is C27H37ClN4O4. The molecule has 4 N–H and O–H groups in total. The molecule has 0 bridgehead atoms. The van der Waals surface area contributed by atoms with E-state index in [4.69, 9.17) is 15.9 Å². The lowest BCUT2D eigenvalue weighted by Crippen LogP contribution is -2.41. The number of amides is 1. The van der Waals surface area contributed by atoms with Gasteiger partial charge in [0.2, 0.25) is 0 Å². The van der Waals surface area contributed by atoms with E-state index in [0.717, 1.165) is 5.56 Å². The molecule has 1 atom stereocenters. The molecule has 8 nitrogen and oxygen atoms in total. The minimum Gasteiger partial charge on any atom is -0.507 e. The van der Waals surface area contributed by atoms with Gasteiger partial charge in [0.1, 0.15) is 17.3 Å². The van der Waals surface area contributed by atoms with Crippen LogP contribution < -0.4 is 5.73 Å². The molecule has 2 heterocycles. The molecule has 0 saturated heterocycles. The van der Waals surface area contributed by atoms with Crippen molar-refractivity contribution in [1.82, 2.24) is 9.88 Å². The molecule has 196 valence electrons. The van der Waals surface area contributed by atoms with Crippen LogP contribution >= 0.6 is 12.4 Å². The summed E-state index contributed by atoms with van der Waals surface area (Å²) in [7, 11) is 1.38. The number of fused-ring (bicyclic) bond motifs is 1. The number of ketones is 1. The maximum atomic E-state index is 13.4. The molecule has 36 heavy (non-hydrogen) atoms. The molecule has 3 rings (SSSR count). The van der Waals surface area contributed by atoms with Crippen LogP contribution in [0.4, 0.5) is 0 Å². The molecule has 0 fully saturated rings. The summed E-state index contributed by atoms with van der Waals surface area (Å²) in [4.78, 5) is 31.5. The van der Waals surface area contributed by atoms with Crippen molar-refractivity contribution in [3.8, 4) is 5.75 Å². The van der Waals surface area contributed by atoms with Gasteiger partial charge in [0.05, 0.1) is 12.2 Å². The molecule has 1 aliphatic rings. The van der Waals surface area contributed by atoms with E-state index in [1.54, 1.807) is 29.2 Å². The van der Waals surface area contributed by atoms with E-state index >= 15 is 0 Å². The summed E-state index contributed by atoms with van der Waals surface area (Å²) in [5.41, 5.74) is 6.80. The summed E-state index contributed by atoms with van der Waals surface area (Å²) in [6, 6.07) is 6.96. The van der Waals surface area contributed by atoms with Gasteiger partial charge in [-0.05, 0) is 36.0 Å². The molecule has 0 spiro atoms. The first-order chi connectivity index (χ1) is 16.0. The highest BCUT2D eigenvalue weighted by atomic mass is 35.5. The normalized spacial score (nSPS) is 15.2. The number of hydrogen-bond donors (Lipinski definition) is 3. The number of methoxy groups -OCH3 is 1. The van der Waals surface area contributed by atoms with E-state index in [-0.39, 0.29) is 47.2 Å². The van der Waals surface area contributed by atoms with E-state index in [1.807, 2.05) is 41.5 Å². The number of nitrogens with zero attached hydrogens (tertiary/aromatic N) is 2. The first-order valence-corrected chi connectivity index (χ1v) is 11.6. The predicted octanol–water partition coefficient (Wildman–Crippen LogP) is 4.17. The van der Waals surface area contributed by atoms with E-state index in [9.17, 15) is 14.7 Å². The number of benzene rings is 1. The van der Waals surface area contributed by atoms with E-state index in [0.29, 0.717) is 34.6 Å². The molecule has 1 aromatic carbocycles. The zero-order valence-electron chi connectivity index (χ0n) is 22.3. The number of ether oxygens (including phenoxy) is 1. The molecular weight excluding hydrogens is 480 g/mol. The van der Waals surface area contributed by atoms with Gasteiger partial charge in [0, 0.05) is 35.9 Å². The lowest BCUT2D eigenvalue weighted by Gasteiger charge is -2.28. The molecule has 0 saturated carbocycles. The Hall–Kier alpha value is -2.97. The Morgan fingerprint density at radius 3 is 2.06 bits per heavy atom.